The van der Waals surface area contributed by atoms with Crippen LogP contribution in [-0.4, -0.2) is 12.7 Å². The summed E-state index contributed by atoms with van der Waals surface area (Å²) in [7, 11) is -3.86. The molecule has 0 spiro atoms. The molecule has 3 aromatic carbocycles. The van der Waals surface area contributed by atoms with Crippen LogP contribution in [0.5, 0.6) is 0 Å². The Morgan fingerprint density at radius 3 is 1.87 bits per heavy atom. The standard InChI is InChI=1S/C24H20ClN3O2S/c1-2-24(21-9-7-19(16-27)8-10-21)28(17-20-5-3-18(15-26)4-6-20)31(29,30)23-13-11-22(25)12-14-23/h3-14,24H,2,17H2,1H3. The van der Waals surface area contributed by atoms with E-state index >= 15 is 0 Å². The Bertz CT molecular complexity index is 1220. The van der Waals surface area contributed by atoms with Gasteiger partial charge < -0.3 is 0 Å². The fourth-order valence-electron chi connectivity index (χ4n) is 3.35. The van der Waals surface area contributed by atoms with Crippen molar-refractivity contribution in [1.82, 2.24) is 4.31 Å². The van der Waals surface area contributed by atoms with Crippen molar-refractivity contribution in [3.63, 3.8) is 0 Å². The molecule has 3 rings (SSSR count). The molecule has 0 aliphatic carbocycles. The second kappa shape index (κ2) is 9.76. The van der Waals surface area contributed by atoms with E-state index in [9.17, 15) is 8.42 Å². The number of nitrogens with zero attached hydrogens (tertiary/aromatic N) is 3. The molecule has 31 heavy (non-hydrogen) atoms. The van der Waals surface area contributed by atoms with E-state index in [0.717, 1.165) is 11.1 Å². The molecule has 0 heterocycles. The van der Waals surface area contributed by atoms with Gasteiger partial charge in [0, 0.05) is 11.6 Å². The first-order valence-electron chi connectivity index (χ1n) is 9.65. The summed E-state index contributed by atoms with van der Waals surface area (Å²) in [6.45, 7) is 2.06. The van der Waals surface area contributed by atoms with Crippen molar-refractivity contribution >= 4 is 21.6 Å². The van der Waals surface area contributed by atoms with Crippen LogP contribution in [-0.2, 0) is 16.6 Å². The third-order valence-corrected chi connectivity index (χ3v) is 7.12. The molecule has 5 nitrogen and oxygen atoms in total. The van der Waals surface area contributed by atoms with Crippen LogP contribution in [0.3, 0.4) is 0 Å². The number of hydrogen-bond donors (Lipinski definition) is 0. The van der Waals surface area contributed by atoms with Crippen LogP contribution in [0.1, 0.15) is 41.6 Å². The predicted molar refractivity (Wildman–Crippen MR) is 120 cm³/mol. The maximum Gasteiger partial charge on any atom is 0.243 e. The second-order valence-electron chi connectivity index (χ2n) is 6.97. The minimum atomic E-state index is -3.86. The fourth-order valence-corrected chi connectivity index (χ4v) is 5.16. The summed E-state index contributed by atoms with van der Waals surface area (Å²) in [5.41, 5.74) is 2.59. The van der Waals surface area contributed by atoms with Gasteiger partial charge in [0.15, 0.2) is 0 Å². The van der Waals surface area contributed by atoms with Crippen LogP contribution in [0.25, 0.3) is 0 Å². The van der Waals surface area contributed by atoms with Crippen molar-refractivity contribution in [3.05, 3.63) is 100 Å². The number of halogens is 1. The quantitative estimate of drug-likeness (QED) is 0.481. The molecular weight excluding hydrogens is 430 g/mol. The summed E-state index contributed by atoms with van der Waals surface area (Å²) >= 11 is 5.95. The number of benzene rings is 3. The van der Waals surface area contributed by atoms with Crippen molar-refractivity contribution in [2.45, 2.75) is 30.8 Å². The highest BCUT2D eigenvalue weighted by atomic mass is 35.5. The zero-order valence-corrected chi connectivity index (χ0v) is 18.4. The maximum atomic E-state index is 13.6. The highest BCUT2D eigenvalue weighted by Gasteiger charge is 2.32. The normalized spacial score (nSPS) is 12.2. The molecule has 0 amide bonds. The van der Waals surface area contributed by atoms with Crippen molar-refractivity contribution in [2.75, 3.05) is 0 Å². The van der Waals surface area contributed by atoms with Crippen molar-refractivity contribution in [3.8, 4) is 12.1 Å². The Balaban J connectivity index is 2.08. The van der Waals surface area contributed by atoms with E-state index in [-0.39, 0.29) is 11.4 Å². The first-order chi connectivity index (χ1) is 14.9. The van der Waals surface area contributed by atoms with Crippen molar-refractivity contribution < 1.29 is 8.42 Å². The summed E-state index contributed by atoms with van der Waals surface area (Å²) in [6.07, 6.45) is 0.537. The van der Waals surface area contributed by atoms with Crippen LogP contribution in [0, 0.1) is 22.7 Å². The molecular formula is C24H20ClN3O2S. The van der Waals surface area contributed by atoms with E-state index in [4.69, 9.17) is 22.1 Å². The average Bonchev–Trinajstić information content (AvgIpc) is 2.80. The van der Waals surface area contributed by atoms with Gasteiger partial charge in [0.25, 0.3) is 0 Å². The lowest BCUT2D eigenvalue weighted by molar-refractivity contribution is 0.310. The van der Waals surface area contributed by atoms with E-state index in [2.05, 4.69) is 12.1 Å². The van der Waals surface area contributed by atoms with Gasteiger partial charge in [-0.05, 0) is 66.1 Å². The van der Waals surface area contributed by atoms with E-state index in [0.29, 0.717) is 22.6 Å². The monoisotopic (exact) mass is 449 g/mol. The molecule has 3 aromatic rings. The van der Waals surface area contributed by atoms with E-state index < -0.39 is 16.1 Å². The van der Waals surface area contributed by atoms with E-state index in [1.165, 1.54) is 16.4 Å². The van der Waals surface area contributed by atoms with Gasteiger partial charge >= 0.3 is 0 Å². The fraction of sp³-hybridized carbons (Fsp3) is 0.167. The lowest BCUT2D eigenvalue weighted by Crippen LogP contribution is -2.34. The number of rotatable bonds is 7. The summed E-state index contributed by atoms with van der Waals surface area (Å²) in [5, 5.41) is 18.6. The van der Waals surface area contributed by atoms with Gasteiger partial charge in [-0.1, -0.05) is 42.8 Å². The first kappa shape index (κ1) is 22.5. The number of sulfonamides is 1. The summed E-state index contributed by atoms with van der Waals surface area (Å²) in [4.78, 5) is 0.151. The lowest BCUT2D eigenvalue weighted by atomic mass is 10.0. The molecule has 7 heteroatoms. The summed E-state index contributed by atoms with van der Waals surface area (Å²) < 4.78 is 28.7. The Kier molecular flexibility index (Phi) is 7.09. The minimum Gasteiger partial charge on any atom is -0.207 e. The van der Waals surface area contributed by atoms with E-state index in [1.807, 2.05) is 6.92 Å². The van der Waals surface area contributed by atoms with Crippen LogP contribution >= 0.6 is 11.6 Å². The molecule has 0 aliphatic rings. The lowest BCUT2D eigenvalue weighted by Gasteiger charge is -2.31. The summed E-state index contributed by atoms with van der Waals surface area (Å²) in [5.74, 6) is 0. The Morgan fingerprint density at radius 2 is 1.39 bits per heavy atom. The smallest absolute Gasteiger partial charge is 0.207 e. The third-order valence-electron chi connectivity index (χ3n) is 5.00. The third kappa shape index (κ3) is 5.13. The van der Waals surface area contributed by atoms with Crippen LogP contribution in [0.4, 0.5) is 0 Å². The molecule has 0 aliphatic heterocycles. The van der Waals surface area contributed by atoms with Crippen LogP contribution in [0.15, 0.2) is 77.7 Å². The SMILES string of the molecule is CCC(c1ccc(C#N)cc1)N(Cc1ccc(C#N)cc1)S(=O)(=O)c1ccc(Cl)cc1. The van der Waals surface area contributed by atoms with Gasteiger partial charge in [-0.15, -0.1) is 0 Å². The Morgan fingerprint density at radius 1 is 0.871 bits per heavy atom. The van der Waals surface area contributed by atoms with Gasteiger partial charge in [-0.3, -0.25) is 0 Å². The minimum absolute atomic E-state index is 0.134. The molecule has 0 saturated carbocycles. The van der Waals surface area contributed by atoms with Crippen molar-refractivity contribution in [2.24, 2.45) is 0 Å². The van der Waals surface area contributed by atoms with E-state index in [1.54, 1.807) is 60.7 Å². The molecule has 1 unspecified atom stereocenters. The number of hydrogen-bond acceptors (Lipinski definition) is 4. The van der Waals surface area contributed by atoms with Gasteiger partial charge in [0.1, 0.15) is 0 Å². The Hall–Kier alpha value is -3.16. The van der Waals surface area contributed by atoms with Crippen molar-refractivity contribution in [1.29, 1.82) is 10.5 Å². The van der Waals surface area contributed by atoms with Gasteiger partial charge in [-0.2, -0.15) is 14.8 Å². The Labute approximate surface area is 187 Å². The molecule has 156 valence electrons. The first-order valence-corrected chi connectivity index (χ1v) is 11.5. The maximum absolute atomic E-state index is 13.6. The topological polar surface area (TPSA) is 85.0 Å². The molecule has 0 bridgehead atoms. The second-order valence-corrected chi connectivity index (χ2v) is 9.30. The largest absolute Gasteiger partial charge is 0.243 e. The zero-order valence-electron chi connectivity index (χ0n) is 16.9. The number of nitriles is 2. The predicted octanol–water partition coefficient (Wildman–Crippen LogP) is 5.43. The molecule has 0 saturated heterocycles. The average molecular weight is 450 g/mol. The highest BCUT2D eigenvalue weighted by molar-refractivity contribution is 7.89. The highest BCUT2D eigenvalue weighted by Crippen LogP contribution is 2.32. The van der Waals surface area contributed by atoms with Gasteiger partial charge in [-0.25, -0.2) is 8.42 Å². The molecule has 0 radical (unpaired) electrons. The van der Waals surface area contributed by atoms with Gasteiger partial charge in [0.05, 0.1) is 34.2 Å². The zero-order chi connectivity index (χ0) is 22.4. The molecule has 0 aromatic heterocycles. The summed E-state index contributed by atoms with van der Waals surface area (Å²) in [6, 6.07) is 23.6. The van der Waals surface area contributed by atoms with Crippen LogP contribution < -0.4 is 0 Å². The van der Waals surface area contributed by atoms with Gasteiger partial charge in [0.2, 0.25) is 10.0 Å². The van der Waals surface area contributed by atoms with Crippen LogP contribution in [0.2, 0.25) is 5.02 Å². The molecule has 1 atom stereocenters. The molecule has 0 fully saturated rings. The molecule has 0 N–H and O–H groups in total.